The molecule has 0 radical (unpaired) electrons. The lowest BCUT2D eigenvalue weighted by molar-refractivity contribution is 0.267. The van der Waals surface area contributed by atoms with Crippen LogP contribution in [0.2, 0.25) is 5.02 Å². The molecule has 0 aliphatic heterocycles. The first-order valence-corrected chi connectivity index (χ1v) is 5.75. The summed E-state index contributed by atoms with van der Waals surface area (Å²) >= 11 is 9.36. The van der Waals surface area contributed by atoms with Gasteiger partial charge in [0, 0.05) is 22.1 Å². The first kappa shape index (κ1) is 11.6. The molecule has 1 aromatic carbocycles. The molecule has 0 saturated carbocycles. The Morgan fingerprint density at radius 2 is 2.19 bits per heavy atom. The van der Waals surface area contributed by atoms with E-state index in [1.165, 1.54) is 0 Å². The van der Waals surface area contributed by atoms with Gasteiger partial charge in [0.15, 0.2) is 11.6 Å². The molecule has 6 heteroatoms. The number of aromatic nitrogens is 3. The molecule has 0 bridgehead atoms. The summed E-state index contributed by atoms with van der Waals surface area (Å²) in [5.41, 5.74) is 0.849. The molecule has 1 aromatic heterocycles. The standard InChI is InChI=1S/C10H9BrClN3O/c1-15-9(5-16)13-14-10(15)7-4-6(12)2-3-8(7)11/h2-4,16H,5H2,1H3. The largest absolute Gasteiger partial charge is 0.388 e. The Labute approximate surface area is 106 Å². The van der Waals surface area contributed by atoms with Crippen molar-refractivity contribution in [2.75, 3.05) is 0 Å². The lowest BCUT2D eigenvalue weighted by Crippen LogP contribution is -1.99. The van der Waals surface area contributed by atoms with Crippen molar-refractivity contribution in [1.82, 2.24) is 14.8 Å². The summed E-state index contributed by atoms with van der Waals surface area (Å²) < 4.78 is 2.62. The minimum atomic E-state index is -0.137. The van der Waals surface area contributed by atoms with Crippen LogP contribution in [0.1, 0.15) is 5.82 Å². The lowest BCUT2D eigenvalue weighted by Gasteiger charge is -2.05. The van der Waals surface area contributed by atoms with Gasteiger partial charge in [-0.2, -0.15) is 0 Å². The van der Waals surface area contributed by atoms with E-state index >= 15 is 0 Å². The molecular formula is C10H9BrClN3O. The van der Waals surface area contributed by atoms with Gasteiger partial charge in [-0.3, -0.25) is 0 Å². The van der Waals surface area contributed by atoms with E-state index in [2.05, 4.69) is 26.1 Å². The van der Waals surface area contributed by atoms with Gasteiger partial charge in [0.1, 0.15) is 6.61 Å². The Bertz CT molecular complexity index is 527. The van der Waals surface area contributed by atoms with Gasteiger partial charge >= 0.3 is 0 Å². The summed E-state index contributed by atoms with van der Waals surface area (Å²) in [5.74, 6) is 1.18. The topological polar surface area (TPSA) is 50.9 Å². The van der Waals surface area contributed by atoms with E-state index < -0.39 is 0 Å². The first-order valence-electron chi connectivity index (χ1n) is 4.58. The molecule has 0 spiro atoms. The van der Waals surface area contributed by atoms with Crippen molar-refractivity contribution in [2.24, 2.45) is 7.05 Å². The average molecular weight is 303 g/mol. The van der Waals surface area contributed by atoms with Crippen molar-refractivity contribution in [3.63, 3.8) is 0 Å². The Morgan fingerprint density at radius 1 is 1.44 bits per heavy atom. The Balaban J connectivity index is 2.58. The highest BCUT2D eigenvalue weighted by Gasteiger charge is 2.12. The monoisotopic (exact) mass is 301 g/mol. The third kappa shape index (κ3) is 1.98. The molecule has 1 heterocycles. The van der Waals surface area contributed by atoms with Crippen LogP contribution in [0.15, 0.2) is 22.7 Å². The summed E-state index contributed by atoms with van der Waals surface area (Å²) in [5, 5.41) is 17.6. The molecule has 0 atom stereocenters. The van der Waals surface area contributed by atoms with Crippen molar-refractivity contribution in [3.05, 3.63) is 33.5 Å². The van der Waals surface area contributed by atoms with Crippen LogP contribution in [0.5, 0.6) is 0 Å². The molecule has 4 nitrogen and oxygen atoms in total. The second-order valence-corrected chi connectivity index (χ2v) is 4.57. The summed E-state index contributed by atoms with van der Waals surface area (Å²) in [6.07, 6.45) is 0. The normalized spacial score (nSPS) is 10.8. The third-order valence-corrected chi connectivity index (χ3v) is 3.20. The molecule has 1 N–H and O–H groups in total. The highest BCUT2D eigenvalue weighted by atomic mass is 79.9. The van der Waals surface area contributed by atoms with E-state index in [0.717, 1.165) is 10.0 Å². The van der Waals surface area contributed by atoms with Crippen LogP contribution in [-0.2, 0) is 13.7 Å². The van der Waals surface area contributed by atoms with Gasteiger partial charge in [0.05, 0.1) is 0 Å². The first-order chi connectivity index (χ1) is 7.63. The second-order valence-electron chi connectivity index (χ2n) is 3.28. The highest BCUT2D eigenvalue weighted by molar-refractivity contribution is 9.10. The molecule has 0 aliphatic carbocycles. The number of rotatable bonds is 2. The maximum absolute atomic E-state index is 9.04. The molecule has 0 amide bonds. The molecule has 2 rings (SSSR count). The zero-order valence-electron chi connectivity index (χ0n) is 8.48. The molecule has 0 unspecified atom stereocenters. The van der Waals surface area contributed by atoms with Crippen molar-refractivity contribution in [2.45, 2.75) is 6.61 Å². The molecular weight excluding hydrogens is 293 g/mol. The molecule has 0 saturated heterocycles. The number of aliphatic hydroxyl groups excluding tert-OH is 1. The SMILES string of the molecule is Cn1c(CO)nnc1-c1cc(Cl)ccc1Br. The predicted molar refractivity (Wildman–Crippen MR) is 65.1 cm³/mol. The molecule has 0 fully saturated rings. The van der Waals surface area contributed by atoms with Crippen molar-refractivity contribution in [3.8, 4) is 11.4 Å². The molecule has 0 aliphatic rings. The van der Waals surface area contributed by atoms with Gasteiger partial charge in [0.25, 0.3) is 0 Å². The number of benzene rings is 1. The van der Waals surface area contributed by atoms with Gasteiger partial charge < -0.3 is 9.67 Å². The Morgan fingerprint density at radius 3 is 2.81 bits per heavy atom. The highest BCUT2D eigenvalue weighted by Crippen LogP contribution is 2.29. The van der Waals surface area contributed by atoms with Crippen LogP contribution in [-0.4, -0.2) is 19.9 Å². The van der Waals surface area contributed by atoms with E-state index in [0.29, 0.717) is 16.7 Å². The summed E-state index contributed by atoms with van der Waals surface area (Å²) in [4.78, 5) is 0. The van der Waals surface area contributed by atoms with Gasteiger partial charge in [0.2, 0.25) is 0 Å². The smallest absolute Gasteiger partial charge is 0.164 e. The fourth-order valence-electron chi connectivity index (χ4n) is 1.40. The van der Waals surface area contributed by atoms with Crippen LogP contribution >= 0.6 is 27.5 Å². The summed E-state index contributed by atoms with van der Waals surface area (Å²) in [6.45, 7) is -0.137. The van der Waals surface area contributed by atoms with Crippen LogP contribution in [0.25, 0.3) is 11.4 Å². The van der Waals surface area contributed by atoms with Gasteiger partial charge in [-0.05, 0) is 18.2 Å². The van der Waals surface area contributed by atoms with E-state index in [-0.39, 0.29) is 6.61 Å². The maximum atomic E-state index is 9.04. The number of nitrogens with zero attached hydrogens (tertiary/aromatic N) is 3. The zero-order valence-corrected chi connectivity index (χ0v) is 10.8. The van der Waals surface area contributed by atoms with Crippen molar-refractivity contribution in [1.29, 1.82) is 0 Å². The minimum absolute atomic E-state index is 0.137. The summed E-state index contributed by atoms with van der Waals surface area (Å²) in [7, 11) is 1.80. The van der Waals surface area contributed by atoms with Crippen LogP contribution < -0.4 is 0 Å². The van der Waals surface area contributed by atoms with Gasteiger partial charge in [-0.1, -0.05) is 27.5 Å². The summed E-state index contributed by atoms with van der Waals surface area (Å²) in [6, 6.07) is 5.44. The number of halogens is 2. The van der Waals surface area contributed by atoms with E-state index in [1.807, 2.05) is 6.07 Å². The Hall–Kier alpha value is -0.910. The number of aliphatic hydroxyl groups is 1. The second kappa shape index (κ2) is 4.53. The number of hydrogen-bond donors (Lipinski definition) is 1. The van der Waals surface area contributed by atoms with E-state index in [1.54, 1.807) is 23.7 Å². The lowest BCUT2D eigenvalue weighted by atomic mass is 10.2. The van der Waals surface area contributed by atoms with Crippen molar-refractivity contribution >= 4 is 27.5 Å². The van der Waals surface area contributed by atoms with E-state index in [9.17, 15) is 0 Å². The maximum Gasteiger partial charge on any atom is 0.164 e. The minimum Gasteiger partial charge on any atom is -0.388 e. The predicted octanol–water partition coefficient (Wildman–Crippen LogP) is 2.39. The molecule has 2 aromatic rings. The Kier molecular flexibility index (Phi) is 3.28. The quantitative estimate of drug-likeness (QED) is 0.927. The van der Waals surface area contributed by atoms with Crippen LogP contribution in [0.3, 0.4) is 0 Å². The van der Waals surface area contributed by atoms with Crippen LogP contribution in [0.4, 0.5) is 0 Å². The van der Waals surface area contributed by atoms with Gasteiger partial charge in [-0.25, -0.2) is 0 Å². The molecule has 16 heavy (non-hydrogen) atoms. The van der Waals surface area contributed by atoms with E-state index in [4.69, 9.17) is 16.7 Å². The molecule has 84 valence electrons. The third-order valence-electron chi connectivity index (χ3n) is 2.28. The van der Waals surface area contributed by atoms with Crippen LogP contribution in [0, 0.1) is 0 Å². The van der Waals surface area contributed by atoms with Gasteiger partial charge in [-0.15, -0.1) is 10.2 Å². The average Bonchev–Trinajstić information content (AvgIpc) is 2.63. The number of hydrogen-bond acceptors (Lipinski definition) is 3. The fraction of sp³-hybridized carbons (Fsp3) is 0.200. The zero-order chi connectivity index (χ0) is 11.7. The van der Waals surface area contributed by atoms with Crippen molar-refractivity contribution < 1.29 is 5.11 Å². The fourth-order valence-corrected chi connectivity index (χ4v) is 2.00.